The topological polar surface area (TPSA) is 34.9 Å². The predicted octanol–water partition coefficient (Wildman–Crippen LogP) is 4.76. The summed E-state index contributed by atoms with van der Waals surface area (Å²) in [6.45, 7) is 4.96. The van der Waals surface area contributed by atoms with Crippen molar-refractivity contribution in [3.8, 4) is 11.1 Å². The Morgan fingerprint density at radius 2 is 1.91 bits per heavy atom. The largest absolute Gasteiger partial charge is 0.292 e. The molecule has 0 aliphatic heterocycles. The molecule has 0 atom stereocenters. The third-order valence-corrected chi connectivity index (χ3v) is 4.27. The zero-order chi connectivity index (χ0) is 16.4. The average molecular weight is 327 g/mol. The molecule has 0 radical (unpaired) electrons. The first-order chi connectivity index (χ1) is 11.1. The van der Waals surface area contributed by atoms with E-state index >= 15 is 0 Å². The molecule has 0 saturated carbocycles. The lowest BCUT2D eigenvalue weighted by Crippen LogP contribution is -2.23. The van der Waals surface area contributed by atoms with E-state index in [1.54, 1.807) is 10.8 Å². The van der Waals surface area contributed by atoms with Crippen LogP contribution in [0.1, 0.15) is 20.3 Å². The summed E-state index contributed by atoms with van der Waals surface area (Å²) < 4.78 is 1.77. The highest BCUT2D eigenvalue weighted by Gasteiger charge is 2.14. The van der Waals surface area contributed by atoms with Crippen molar-refractivity contribution in [2.45, 2.75) is 26.8 Å². The minimum absolute atomic E-state index is 0.0371. The molecule has 1 aromatic carbocycles. The minimum Gasteiger partial charge on any atom is -0.292 e. The van der Waals surface area contributed by atoms with Crippen LogP contribution < -0.4 is 5.56 Å². The van der Waals surface area contributed by atoms with Crippen molar-refractivity contribution < 1.29 is 0 Å². The molecule has 0 aliphatic carbocycles. The fraction of sp³-hybridized carbons (Fsp3) is 0.263. The van der Waals surface area contributed by atoms with Crippen LogP contribution in [-0.4, -0.2) is 9.55 Å². The van der Waals surface area contributed by atoms with Crippen LogP contribution in [0.4, 0.5) is 0 Å². The molecule has 23 heavy (non-hydrogen) atoms. The summed E-state index contributed by atoms with van der Waals surface area (Å²) in [7, 11) is 0. The van der Waals surface area contributed by atoms with Crippen molar-refractivity contribution in [1.82, 2.24) is 9.55 Å². The standard InChI is InChI=1S/C19H19ClN2O/c1-13(2)9-11-22-18-14(6-5-10-21-18)12-16(19(22)23)15-7-3-4-8-17(15)20/h3-8,10,12-13H,9,11H2,1-2H3. The molecular formula is C19H19ClN2O. The number of fused-ring (bicyclic) bond motifs is 1. The summed E-state index contributed by atoms with van der Waals surface area (Å²) in [6, 6.07) is 13.2. The van der Waals surface area contributed by atoms with E-state index in [0.717, 1.165) is 23.0 Å². The number of nitrogens with zero attached hydrogens (tertiary/aromatic N) is 2. The Hall–Kier alpha value is -2.13. The van der Waals surface area contributed by atoms with Gasteiger partial charge in [-0.1, -0.05) is 43.6 Å². The van der Waals surface area contributed by atoms with Crippen LogP contribution in [0, 0.1) is 5.92 Å². The van der Waals surface area contributed by atoms with Crippen LogP contribution in [0.3, 0.4) is 0 Å². The van der Waals surface area contributed by atoms with Gasteiger partial charge in [-0.25, -0.2) is 4.98 Å². The van der Waals surface area contributed by atoms with Gasteiger partial charge in [0.15, 0.2) is 0 Å². The number of pyridine rings is 2. The Morgan fingerprint density at radius 3 is 2.65 bits per heavy atom. The second-order valence-corrected chi connectivity index (χ2v) is 6.50. The Bertz CT molecular complexity index is 899. The van der Waals surface area contributed by atoms with Crippen molar-refractivity contribution in [1.29, 1.82) is 0 Å². The molecule has 0 saturated heterocycles. The Morgan fingerprint density at radius 1 is 1.13 bits per heavy atom. The smallest absolute Gasteiger partial charge is 0.260 e. The molecule has 0 bridgehead atoms. The van der Waals surface area contributed by atoms with Gasteiger partial charge in [0.25, 0.3) is 5.56 Å². The monoisotopic (exact) mass is 326 g/mol. The van der Waals surface area contributed by atoms with Gasteiger partial charge in [-0.15, -0.1) is 0 Å². The zero-order valence-electron chi connectivity index (χ0n) is 13.3. The van der Waals surface area contributed by atoms with E-state index in [4.69, 9.17) is 11.6 Å². The van der Waals surface area contributed by atoms with E-state index < -0.39 is 0 Å². The molecule has 0 unspecified atom stereocenters. The van der Waals surface area contributed by atoms with Gasteiger partial charge in [0.2, 0.25) is 0 Å². The summed E-state index contributed by atoms with van der Waals surface area (Å²) in [5.74, 6) is 0.518. The number of aryl methyl sites for hydroxylation is 1. The Balaban J connectivity index is 2.26. The first-order valence-electron chi connectivity index (χ1n) is 7.81. The van der Waals surface area contributed by atoms with Crippen LogP contribution in [0.15, 0.2) is 53.5 Å². The highest BCUT2D eigenvalue weighted by atomic mass is 35.5. The SMILES string of the molecule is CC(C)CCn1c(=O)c(-c2ccccc2Cl)cc2cccnc21. The number of aromatic nitrogens is 2. The van der Waals surface area contributed by atoms with Gasteiger partial charge in [-0.3, -0.25) is 9.36 Å². The molecule has 3 nitrogen and oxygen atoms in total. The van der Waals surface area contributed by atoms with E-state index in [1.807, 2.05) is 42.5 Å². The third-order valence-electron chi connectivity index (χ3n) is 3.94. The van der Waals surface area contributed by atoms with E-state index in [0.29, 0.717) is 23.0 Å². The number of benzene rings is 1. The number of hydrogen-bond donors (Lipinski definition) is 0. The molecule has 0 fully saturated rings. The Labute approximate surface area is 140 Å². The molecule has 2 heterocycles. The van der Waals surface area contributed by atoms with Crippen LogP contribution in [-0.2, 0) is 6.54 Å². The zero-order valence-corrected chi connectivity index (χ0v) is 14.0. The van der Waals surface area contributed by atoms with Gasteiger partial charge in [0, 0.05) is 34.3 Å². The fourth-order valence-electron chi connectivity index (χ4n) is 2.67. The molecule has 4 heteroatoms. The summed E-state index contributed by atoms with van der Waals surface area (Å²) in [5, 5.41) is 1.54. The third kappa shape index (κ3) is 3.15. The summed E-state index contributed by atoms with van der Waals surface area (Å²) in [6.07, 6.45) is 2.65. The van der Waals surface area contributed by atoms with Crippen molar-refractivity contribution in [2.24, 2.45) is 5.92 Å². The molecule has 118 valence electrons. The van der Waals surface area contributed by atoms with Crippen LogP contribution in [0.2, 0.25) is 5.02 Å². The van der Waals surface area contributed by atoms with Crippen molar-refractivity contribution in [2.75, 3.05) is 0 Å². The van der Waals surface area contributed by atoms with Gasteiger partial charge in [-0.2, -0.15) is 0 Å². The lowest BCUT2D eigenvalue weighted by Gasteiger charge is -2.14. The van der Waals surface area contributed by atoms with E-state index in [9.17, 15) is 4.79 Å². The average Bonchev–Trinajstić information content (AvgIpc) is 2.54. The lowest BCUT2D eigenvalue weighted by atomic mass is 10.1. The maximum absolute atomic E-state index is 13.0. The second kappa shape index (κ2) is 6.55. The van der Waals surface area contributed by atoms with Crippen LogP contribution >= 0.6 is 11.6 Å². The van der Waals surface area contributed by atoms with Gasteiger partial charge in [-0.05, 0) is 36.6 Å². The maximum atomic E-state index is 13.0. The maximum Gasteiger partial charge on any atom is 0.260 e. The molecule has 3 aromatic rings. The quantitative estimate of drug-likeness (QED) is 0.692. The van der Waals surface area contributed by atoms with E-state index in [1.165, 1.54) is 0 Å². The first kappa shape index (κ1) is 15.8. The minimum atomic E-state index is -0.0371. The Kier molecular flexibility index (Phi) is 4.49. The summed E-state index contributed by atoms with van der Waals surface area (Å²) in [4.78, 5) is 17.4. The molecule has 0 N–H and O–H groups in total. The number of rotatable bonds is 4. The van der Waals surface area contributed by atoms with Gasteiger partial charge in [0.05, 0.1) is 0 Å². The molecule has 0 spiro atoms. The van der Waals surface area contributed by atoms with E-state index in [-0.39, 0.29) is 5.56 Å². The van der Waals surface area contributed by atoms with Crippen LogP contribution in [0.25, 0.3) is 22.2 Å². The second-order valence-electron chi connectivity index (χ2n) is 6.09. The van der Waals surface area contributed by atoms with Gasteiger partial charge in [0.1, 0.15) is 5.65 Å². The summed E-state index contributed by atoms with van der Waals surface area (Å²) in [5.41, 5.74) is 2.09. The summed E-state index contributed by atoms with van der Waals surface area (Å²) >= 11 is 6.30. The molecule has 3 rings (SSSR count). The molecular weight excluding hydrogens is 308 g/mol. The van der Waals surface area contributed by atoms with Crippen molar-refractivity contribution >= 4 is 22.6 Å². The number of halogens is 1. The first-order valence-corrected chi connectivity index (χ1v) is 8.19. The van der Waals surface area contributed by atoms with Crippen molar-refractivity contribution in [3.05, 3.63) is 64.0 Å². The number of hydrogen-bond acceptors (Lipinski definition) is 2. The van der Waals surface area contributed by atoms with Crippen LogP contribution in [0.5, 0.6) is 0 Å². The van der Waals surface area contributed by atoms with E-state index in [2.05, 4.69) is 18.8 Å². The normalized spacial score (nSPS) is 11.3. The highest BCUT2D eigenvalue weighted by molar-refractivity contribution is 6.33. The van der Waals surface area contributed by atoms with Crippen molar-refractivity contribution in [3.63, 3.8) is 0 Å². The molecule has 0 amide bonds. The van der Waals surface area contributed by atoms with Gasteiger partial charge >= 0.3 is 0 Å². The molecule has 2 aromatic heterocycles. The van der Waals surface area contributed by atoms with Gasteiger partial charge < -0.3 is 0 Å². The lowest BCUT2D eigenvalue weighted by molar-refractivity contribution is 0.515. The fourth-order valence-corrected chi connectivity index (χ4v) is 2.91. The highest BCUT2D eigenvalue weighted by Crippen LogP contribution is 2.27. The molecule has 0 aliphatic rings. The predicted molar refractivity (Wildman–Crippen MR) is 95.9 cm³/mol.